The summed E-state index contributed by atoms with van der Waals surface area (Å²) < 4.78 is 26.3. The number of sulfonamides is 1. The summed E-state index contributed by atoms with van der Waals surface area (Å²) in [7, 11) is -3.19. The lowest BCUT2D eigenvalue weighted by atomic mass is 9.99. The third kappa shape index (κ3) is 3.52. The van der Waals surface area contributed by atoms with E-state index < -0.39 is 10.0 Å². The highest BCUT2D eigenvalue weighted by molar-refractivity contribution is 7.88. The summed E-state index contributed by atoms with van der Waals surface area (Å²) in [5.74, 6) is 0.0961. The first-order chi connectivity index (χ1) is 9.82. The highest BCUT2D eigenvalue weighted by atomic mass is 32.2. The van der Waals surface area contributed by atoms with Gasteiger partial charge >= 0.3 is 0 Å². The Bertz CT molecular complexity index is 731. The summed E-state index contributed by atoms with van der Waals surface area (Å²) in [6, 6.07) is 5.17. The zero-order valence-electron chi connectivity index (χ0n) is 12.2. The van der Waals surface area contributed by atoms with Crippen molar-refractivity contribution in [1.82, 2.24) is 8.87 Å². The van der Waals surface area contributed by atoms with Crippen LogP contribution in [0.15, 0.2) is 16.9 Å². The van der Waals surface area contributed by atoms with Crippen molar-refractivity contribution in [3.05, 3.63) is 33.7 Å². The number of rotatable bonds is 3. The van der Waals surface area contributed by atoms with E-state index in [2.05, 4.69) is 0 Å². The smallest absolute Gasteiger partial charge is 0.268 e. The quantitative estimate of drug-likeness (QED) is 0.823. The highest BCUT2D eigenvalue weighted by Gasteiger charge is 2.26. The molecule has 1 aliphatic rings. The number of pyridine rings is 1. The first-order valence-electron chi connectivity index (χ1n) is 6.88. The minimum Gasteiger partial charge on any atom is -0.311 e. The van der Waals surface area contributed by atoms with Gasteiger partial charge in [0, 0.05) is 25.3 Å². The first-order valence-corrected chi connectivity index (χ1v) is 8.73. The van der Waals surface area contributed by atoms with Crippen molar-refractivity contribution in [3.8, 4) is 6.07 Å². The fourth-order valence-corrected chi connectivity index (χ4v) is 3.66. The maximum atomic E-state index is 12.2. The summed E-state index contributed by atoms with van der Waals surface area (Å²) in [4.78, 5) is 12.2. The molecule has 0 aliphatic carbocycles. The molecule has 2 heterocycles. The van der Waals surface area contributed by atoms with Gasteiger partial charge in [-0.05, 0) is 37.8 Å². The van der Waals surface area contributed by atoms with E-state index >= 15 is 0 Å². The average Bonchev–Trinajstić information content (AvgIpc) is 2.43. The molecular weight excluding hydrogens is 290 g/mol. The van der Waals surface area contributed by atoms with Crippen LogP contribution in [-0.4, -0.2) is 36.6 Å². The van der Waals surface area contributed by atoms with Crippen molar-refractivity contribution in [2.75, 3.05) is 19.3 Å². The molecule has 1 aromatic rings. The Morgan fingerprint density at radius 1 is 1.43 bits per heavy atom. The zero-order chi connectivity index (χ0) is 15.6. The summed E-state index contributed by atoms with van der Waals surface area (Å²) in [6.07, 6.45) is 2.89. The lowest BCUT2D eigenvalue weighted by Crippen LogP contribution is -2.41. The topological polar surface area (TPSA) is 83.2 Å². The molecule has 6 nitrogen and oxygen atoms in total. The second-order valence-electron chi connectivity index (χ2n) is 5.55. The van der Waals surface area contributed by atoms with Gasteiger partial charge in [-0.15, -0.1) is 0 Å². The van der Waals surface area contributed by atoms with Gasteiger partial charge in [-0.2, -0.15) is 5.26 Å². The third-order valence-corrected chi connectivity index (χ3v) is 5.17. The molecule has 7 heteroatoms. The van der Waals surface area contributed by atoms with Gasteiger partial charge in [-0.3, -0.25) is 4.79 Å². The second kappa shape index (κ2) is 6.00. The molecule has 114 valence electrons. The van der Waals surface area contributed by atoms with Crippen LogP contribution in [0.1, 0.15) is 24.1 Å². The van der Waals surface area contributed by atoms with Crippen LogP contribution in [0.25, 0.3) is 0 Å². The van der Waals surface area contributed by atoms with Crippen LogP contribution < -0.4 is 5.56 Å². The molecule has 0 aromatic carbocycles. The molecule has 2 rings (SSSR count). The molecule has 0 bridgehead atoms. The largest absolute Gasteiger partial charge is 0.311 e. The van der Waals surface area contributed by atoms with E-state index in [4.69, 9.17) is 5.26 Å². The minimum atomic E-state index is -3.19. The van der Waals surface area contributed by atoms with E-state index in [0.717, 1.165) is 18.5 Å². The average molecular weight is 309 g/mol. The normalized spacial score (nSPS) is 20.1. The summed E-state index contributed by atoms with van der Waals surface area (Å²) in [5, 5.41) is 8.94. The number of aromatic nitrogens is 1. The van der Waals surface area contributed by atoms with Gasteiger partial charge in [0.05, 0.1) is 6.26 Å². The molecule has 1 atom stereocenters. The van der Waals surface area contributed by atoms with E-state index in [1.807, 2.05) is 13.0 Å². The van der Waals surface area contributed by atoms with E-state index in [-0.39, 0.29) is 17.0 Å². The van der Waals surface area contributed by atoms with Gasteiger partial charge in [-0.1, -0.05) is 0 Å². The van der Waals surface area contributed by atoms with Crippen LogP contribution in [0.5, 0.6) is 0 Å². The summed E-state index contributed by atoms with van der Waals surface area (Å²) in [6.45, 7) is 3.24. The van der Waals surface area contributed by atoms with Crippen LogP contribution in [-0.2, 0) is 16.6 Å². The molecule has 0 amide bonds. The Labute approximate surface area is 124 Å². The maximum Gasteiger partial charge on any atom is 0.268 e. The van der Waals surface area contributed by atoms with Crippen LogP contribution in [0.2, 0.25) is 0 Å². The third-order valence-electron chi connectivity index (χ3n) is 3.90. The Morgan fingerprint density at radius 3 is 2.76 bits per heavy atom. The number of nitriles is 1. The molecule has 1 aromatic heterocycles. The van der Waals surface area contributed by atoms with Crippen LogP contribution in [0.4, 0.5) is 0 Å². The number of hydrogen-bond donors (Lipinski definition) is 0. The van der Waals surface area contributed by atoms with Gasteiger partial charge in [0.15, 0.2) is 0 Å². The summed E-state index contributed by atoms with van der Waals surface area (Å²) in [5.41, 5.74) is 0.612. The molecule has 0 saturated carbocycles. The molecule has 1 unspecified atom stereocenters. The fraction of sp³-hybridized carbons (Fsp3) is 0.571. The van der Waals surface area contributed by atoms with Crippen LogP contribution in [0, 0.1) is 24.2 Å². The number of piperidine rings is 1. The van der Waals surface area contributed by atoms with Gasteiger partial charge in [0.25, 0.3) is 5.56 Å². The van der Waals surface area contributed by atoms with Crippen molar-refractivity contribution < 1.29 is 8.42 Å². The van der Waals surface area contributed by atoms with Crippen molar-refractivity contribution in [2.45, 2.75) is 26.3 Å². The predicted octanol–water partition coefficient (Wildman–Crippen LogP) is 0.700. The lowest BCUT2D eigenvalue weighted by Gasteiger charge is -2.31. The molecule has 1 aliphatic heterocycles. The van der Waals surface area contributed by atoms with E-state index in [0.29, 0.717) is 19.6 Å². The number of aryl methyl sites for hydroxylation is 1. The van der Waals surface area contributed by atoms with Gasteiger partial charge in [0.2, 0.25) is 10.0 Å². The van der Waals surface area contributed by atoms with Crippen molar-refractivity contribution in [1.29, 1.82) is 5.26 Å². The fourth-order valence-electron chi connectivity index (χ4n) is 2.72. The van der Waals surface area contributed by atoms with E-state index in [9.17, 15) is 13.2 Å². The lowest BCUT2D eigenvalue weighted by molar-refractivity contribution is 0.243. The molecule has 1 fully saturated rings. The Kier molecular flexibility index (Phi) is 4.49. The van der Waals surface area contributed by atoms with Gasteiger partial charge < -0.3 is 4.57 Å². The Hall–Kier alpha value is -1.65. The molecule has 21 heavy (non-hydrogen) atoms. The van der Waals surface area contributed by atoms with Gasteiger partial charge in [-0.25, -0.2) is 12.7 Å². The van der Waals surface area contributed by atoms with Crippen LogP contribution >= 0.6 is 0 Å². The van der Waals surface area contributed by atoms with Crippen molar-refractivity contribution in [3.63, 3.8) is 0 Å². The Balaban J connectivity index is 2.23. The van der Waals surface area contributed by atoms with Gasteiger partial charge in [0.1, 0.15) is 11.6 Å². The Morgan fingerprint density at radius 2 is 2.14 bits per heavy atom. The summed E-state index contributed by atoms with van der Waals surface area (Å²) >= 11 is 0. The molecule has 0 radical (unpaired) electrons. The minimum absolute atomic E-state index is 0.0961. The van der Waals surface area contributed by atoms with E-state index in [1.54, 1.807) is 10.6 Å². The van der Waals surface area contributed by atoms with Crippen LogP contribution in [0.3, 0.4) is 0 Å². The molecule has 1 saturated heterocycles. The molecular formula is C14H19N3O3S. The second-order valence-corrected chi connectivity index (χ2v) is 7.53. The van der Waals surface area contributed by atoms with Crippen molar-refractivity contribution in [2.24, 2.45) is 5.92 Å². The predicted molar refractivity (Wildman–Crippen MR) is 79.3 cm³/mol. The van der Waals surface area contributed by atoms with Crippen molar-refractivity contribution >= 4 is 10.0 Å². The first kappa shape index (κ1) is 15.7. The number of nitrogens with zero attached hydrogens (tertiary/aromatic N) is 3. The standard InChI is InChI=1S/C14H19N3O3S/c1-11-5-6-13(8-15)14(18)17(11)10-12-4-3-7-16(9-12)21(2,19)20/h5-6,12H,3-4,7,9-10H2,1-2H3. The molecule has 0 N–H and O–H groups in total. The maximum absolute atomic E-state index is 12.2. The zero-order valence-corrected chi connectivity index (χ0v) is 13.1. The molecule has 0 spiro atoms. The monoisotopic (exact) mass is 309 g/mol. The highest BCUT2D eigenvalue weighted by Crippen LogP contribution is 2.20. The number of hydrogen-bond acceptors (Lipinski definition) is 4. The SMILES string of the molecule is Cc1ccc(C#N)c(=O)n1CC1CCCN(S(C)(=O)=O)C1. The van der Waals surface area contributed by atoms with E-state index in [1.165, 1.54) is 16.6 Å².